The van der Waals surface area contributed by atoms with Gasteiger partial charge in [0.1, 0.15) is 4.88 Å². The lowest BCUT2D eigenvalue weighted by atomic mass is 10.0. The molecule has 0 unspecified atom stereocenters. The highest BCUT2D eigenvalue weighted by molar-refractivity contribution is 7.11. The molecule has 1 amide bonds. The lowest BCUT2D eigenvalue weighted by molar-refractivity contribution is 0.0954. The van der Waals surface area contributed by atoms with Crippen molar-refractivity contribution in [3.8, 4) is 11.3 Å². The molecule has 0 aliphatic rings. The predicted molar refractivity (Wildman–Crippen MR) is 89.9 cm³/mol. The van der Waals surface area contributed by atoms with Crippen molar-refractivity contribution < 1.29 is 4.79 Å². The van der Waals surface area contributed by atoms with Crippen LogP contribution >= 0.6 is 11.3 Å². The summed E-state index contributed by atoms with van der Waals surface area (Å²) in [6.07, 6.45) is 3.20. The Labute approximate surface area is 137 Å². The summed E-state index contributed by atoms with van der Waals surface area (Å²) >= 11 is 1.32. The van der Waals surface area contributed by atoms with Crippen LogP contribution in [0.4, 0.5) is 5.95 Å². The molecule has 116 valence electrons. The smallest absolute Gasteiger partial charge is 0.263 e. The van der Waals surface area contributed by atoms with Gasteiger partial charge in [-0.1, -0.05) is 12.1 Å². The van der Waals surface area contributed by atoms with E-state index in [-0.39, 0.29) is 11.9 Å². The third kappa shape index (κ3) is 3.51. The van der Waals surface area contributed by atoms with Crippen molar-refractivity contribution in [2.75, 3.05) is 5.73 Å². The van der Waals surface area contributed by atoms with Gasteiger partial charge < -0.3 is 11.1 Å². The summed E-state index contributed by atoms with van der Waals surface area (Å²) in [6.45, 7) is 2.47. The Morgan fingerprint density at radius 2 is 2.22 bits per heavy atom. The number of thiazole rings is 1. The summed E-state index contributed by atoms with van der Waals surface area (Å²) in [7, 11) is 0. The second-order valence-corrected chi connectivity index (χ2v) is 5.88. The van der Waals surface area contributed by atoms with Crippen molar-refractivity contribution in [3.05, 3.63) is 58.2 Å². The molecular formula is C16H15N5OS. The van der Waals surface area contributed by atoms with E-state index in [1.54, 1.807) is 17.9 Å². The third-order valence-electron chi connectivity index (χ3n) is 3.41. The predicted octanol–water partition coefficient (Wildman–Crippen LogP) is 2.42. The first kappa shape index (κ1) is 15.1. The van der Waals surface area contributed by atoms with Gasteiger partial charge in [0, 0.05) is 18.3 Å². The van der Waals surface area contributed by atoms with E-state index < -0.39 is 0 Å². The Hall–Kier alpha value is -2.80. The van der Waals surface area contributed by atoms with Crippen LogP contribution in [0.2, 0.25) is 0 Å². The molecule has 0 radical (unpaired) electrons. The summed E-state index contributed by atoms with van der Waals surface area (Å²) < 4.78 is 0. The number of nitrogens with two attached hydrogens (primary N) is 1. The number of aryl methyl sites for hydroxylation is 1. The molecule has 1 aromatic carbocycles. The fourth-order valence-electron chi connectivity index (χ4n) is 2.18. The van der Waals surface area contributed by atoms with Crippen LogP contribution in [0.25, 0.3) is 11.3 Å². The number of anilines is 1. The zero-order valence-corrected chi connectivity index (χ0v) is 13.3. The maximum atomic E-state index is 11.9. The SMILES string of the molecule is Cc1cc(-c2ccnc(N)n2)ccc1CNC(=O)c1cncs1. The zero-order valence-electron chi connectivity index (χ0n) is 12.5. The zero-order chi connectivity index (χ0) is 16.2. The Morgan fingerprint density at radius 3 is 2.91 bits per heavy atom. The average Bonchev–Trinajstić information content (AvgIpc) is 3.08. The summed E-state index contributed by atoms with van der Waals surface area (Å²) in [5, 5.41) is 2.90. The van der Waals surface area contributed by atoms with Crippen LogP contribution < -0.4 is 11.1 Å². The number of benzene rings is 1. The minimum atomic E-state index is -0.112. The standard InChI is InChI=1S/C16H15N5OS/c1-10-6-11(13-4-5-19-16(17)21-13)2-3-12(10)7-20-15(22)14-8-18-9-23-14/h2-6,8-9H,7H2,1H3,(H,20,22)(H2,17,19,21). The minimum Gasteiger partial charge on any atom is -0.368 e. The summed E-state index contributed by atoms with van der Waals surface area (Å²) in [5.41, 5.74) is 11.1. The molecule has 3 aromatic rings. The fraction of sp³-hybridized carbons (Fsp3) is 0.125. The van der Waals surface area contributed by atoms with Crippen LogP contribution in [0.5, 0.6) is 0 Å². The molecule has 0 saturated carbocycles. The maximum absolute atomic E-state index is 11.9. The first-order valence-electron chi connectivity index (χ1n) is 6.98. The molecule has 3 N–H and O–H groups in total. The number of rotatable bonds is 4. The molecule has 7 heteroatoms. The minimum absolute atomic E-state index is 0.112. The molecule has 2 aromatic heterocycles. The topological polar surface area (TPSA) is 93.8 Å². The van der Waals surface area contributed by atoms with Crippen molar-refractivity contribution in [2.24, 2.45) is 0 Å². The van der Waals surface area contributed by atoms with Crippen molar-refractivity contribution in [3.63, 3.8) is 0 Å². The normalized spacial score (nSPS) is 10.5. The Kier molecular flexibility index (Phi) is 4.29. The van der Waals surface area contributed by atoms with Crippen LogP contribution in [0.3, 0.4) is 0 Å². The van der Waals surface area contributed by atoms with E-state index in [0.29, 0.717) is 11.4 Å². The quantitative estimate of drug-likeness (QED) is 0.768. The third-order valence-corrected chi connectivity index (χ3v) is 4.18. The molecular weight excluding hydrogens is 310 g/mol. The summed E-state index contributed by atoms with van der Waals surface area (Å²) in [5.74, 6) is 0.139. The van der Waals surface area contributed by atoms with Gasteiger partial charge in [-0.05, 0) is 30.2 Å². The largest absolute Gasteiger partial charge is 0.368 e. The molecule has 0 fully saturated rings. The van der Waals surface area contributed by atoms with E-state index in [0.717, 1.165) is 22.4 Å². The molecule has 0 atom stereocenters. The number of nitrogens with one attached hydrogen (secondary N) is 1. The number of nitrogens with zero attached hydrogens (tertiary/aromatic N) is 3. The van der Waals surface area contributed by atoms with Crippen LogP contribution in [0, 0.1) is 6.92 Å². The number of carbonyl (C=O) groups is 1. The van der Waals surface area contributed by atoms with Gasteiger partial charge in [-0.15, -0.1) is 11.3 Å². The highest BCUT2D eigenvalue weighted by Gasteiger charge is 2.09. The summed E-state index contributed by atoms with van der Waals surface area (Å²) in [6, 6.07) is 7.78. The average molecular weight is 325 g/mol. The number of carbonyl (C=O) groups excluding carboxylic acids is 1. The Bertz CT molecular complexity index is 832. The second-order valence-electron chi connectivity index (χ2n) is 4.99. The molecule has 0 aliphatic carbocycles. The van der Waals surface area contributed by atoms with E-state index in [1.807, 2.05) is 31.2 Å². The van der Waals surface area contributed by atoms with E-state index in [9.17, 15) is 4.79 Å². The van der Waals surface area contributed by atoms with Gasteiger partial charge in [0.05, 0.1) is 17.4 Å². The lowest BCUT2D eigenvalue weighted by Crippen LogP contribution is -2.22. The van der Waals surface area contributed by atoms with Gasteiger partial charge in [-0.3, -0.25) is 9.78 Å². The molecule has 0 saturated heterocycles. The molecule has 0 spiro atoms. The first-order valence-corrected chi connectivity index (χ1v) is 7.86. The maximum Gasteiger partial charge on any atom is 0.263 e. The van der Waals surface area contributed by atoms with E-state index in [2.05, 4.69) is 20.3 Å². The Balaban J connectivity index is 1.73. The first-order chi connectivity index (χ1) is 11.1. The van der Waals surface area contributed by atoms with Crippen LogP contribution in [-0.2, 0) is 6.54 Å². The van der Waals surface area contributed by atoms with Gasteiger partial charge in [0.25, 0.3) is 5.91 Å². The van der Waals surface area contributed by atoms with Gasteiger partial charge in [-0.2, -0.15) is 0 Å². The molecule has 3 rings (SSSR count). The number of hydrogen-bond donors (Lipinski definition) is 2. The second kappa shape index (κ2) is 6.53. The van der Waals surface area contributed by atoms with Crippen LogP contribution in [-0.4, -0.2) is 20.9 Å². The monoisotopic (exact) mass is 325 g/mol. The number of aromatic nitrogens is 3. The fourth-order valence-corrected chi connectivity index (χ4v) is 2.71. The van der Waals surface area contributed by atoms with Gasteiger partial charge in [-0.25, -0.2) is 9.97 Å². The van der Waals surface area contributed by atoms with Crippen molar-refractivity contribution >= 4 is 23.2 Å². The number of nitrogen functional groups attached to an aromatic ring is 1. The van der Waals surface area contributed by atoms with E-state index in [4.69, 9.17) is 5.73 Å². The molecule has 0 bridgehead atoms. The Morgan fingerprint density at radius 1 is 1.35 bits per heavy atom. The van der Waals surface area contributed by atoms with Gasteiger partial charge in [0.15, 0.2) is 0 Å². The molecule has 23 heavy (non-hydrogen) atoms. The van der Waals surface area contributed by atoms with Crippen molar-refractivity contribution in [1.82, 2.24) is 20.3 Å². The van der Waals surface area contributed by atoms with Crippen LogP contribution in [0.1, 0.15) is 20.8 Å². The van der Waals surface area contributed by atoms with Gasteiger partial charge in [0.2, 0.25) is 5.95 Å². The summed E-state index contributed by atoms with van der Waals surface area (Å²) in [4.78, 5) is 24.6. The van der Waals surface area contributed by atoms with Crippen LogP contribution in [0.15, 0.2) is 42.2 Å². The highest BCUT2D eigenvalue weighted by atomic mass is 32.1. The van der Waals surface area contributed by atoms with Crippen molar-refractivity contribution in [2.45, 2.75) is 13.5 Å². The number of hydrogen-bond acceptors (Lipinski definition) is 6. The highest BCUT2D eigenvalue weighted by Crippen LogP contribution is 2.21. The van der Waals surface area contributed by atoms with E-state index in [1.165, 1.54) is 11.3 Å². The molecule has 2 heterocycles. The van der Waals surface area contributed by atoms with Crippen molar-refractivity contribution in [1.29, 1.82) is 0 Å². The molecule has 6 nitrogen and oxygen atoms in total. The number of amides is 1. The van der Waals surface area contributed by atoms with E-state index >= 15 is 0 Å². The van der Waals surface area contributed by atoms with Gasteiger partial charge >= 0.3 is 0 Å². The lowest BCUT2D eigenvalue weighted by Gasteiger charge is -2.09. The molecule has 0 aliphatic heterocycles.